The molecule has 2 N–H and O–H groups in total. The van der Waals surface area contributed by atoms with Gasteiger partial charge in [0.25, 0.3) is 0 Å². The van der Waals surface area contributed by atoms with E-state index in [2.05, 4.69) is 17.6 Å². The highest BCUT2D eigenvalue weighted by Crippen LogP contribution is 2.16. The van der Waals surface area contributed by atoms with Crippen molar-refractivity contribution in [2.45, 2.75) is 38.1 Å². The van der Waals surface area contributed by atoms with Crippen molar-refractivity contribution in [3.8, 4) is 0 Å². The third-order valence-corrected chi connectivity index (χ3v) is 3.04. The highest BCUT2D eigenvalue weighted by molar-refractivity contribution is 6.30. The molecule has 0 aromatic heterocycles. The first-order chi connectivity index (χ1) is 6.65. The lowest BCUT2D eigenvalue weighted by Gasteiger charge is -2.32. The van der Waals surface area contributed by atoms with Gasteiger partial charge < -0.3 is 10.6 Å². The zero-order valence-corrected chi connectivity index (χ0v) is 9.60. The lowest BCUT2D eigenvalue weighted by Crippen LogP contribution is -2.52. The number of halogens is 1. The Morgan fingerprint density at radius 1 is 1.71 bits per heavy atom. The van der Waals surface area contributed by atoms with Crippen LogP contribution in [0.5, 0.6) is 0 Å². The summed E-state index contributed by atoms with van der Waals surface area (Å²) in [6.07, 6.45) is 2.25. The second-order valence-electron chi connectivity index (χ2n) is 3.89. The van der Waals surface area contributed by atoms with E-state index < -0.39 is 5.38 Å². The fourth-order valence-corrected chi connectivity index (χ4v) is 1.93. The molecule has 0 aliphatic carbocycles. The van der Waals surface area contributed by atoms with Gasteiger partial charge in [-0.25, -0.2) is 0 Å². The number of piperidine rings is 1. The molecule has 1 saturated heterocycles. The molecule has 0 aromatic carbocycles. The van der Waals surface area contributed by atoms with Gasteiger partial charge in [0.2, 0.25) is 5.91 Å². The van der Waals surface area contributed by atoms with Crippen LogP contribution in [-0.4, -0.2) is 30.4 Å². The van der Waals surface area contributed by atoms with Crippen molar-refractivity contribution in [1.29, 1.82) is 0 Å². The molecule has 1 rings (SSSR count). The van der Waals surface area contributed by atoms with Crippen molar-refractivity contribution >= 4 is 17.5 Å². The third-order valence-electron chi connectivity index (χ3n) is 2.84. The van der Waals surface area contributed by atoms with Crippen LogP contribution in [0.1, 0.15) is 26.7 Å². The Morgan fingerprint density at radius 2 is 2.43 bits per heavy atom. The van der Waals surface area contributed by atoms with Gasteiger partial charge in [-0.1, -0.05) is 13.3 Å². The van der Waals surface area contributed by atoms with Crippen LogP contribution in [0.25, 0.3) is 0 Å². The number of carbonyl (C=O) groups excluding carboxylic acids is 1. The van der Waals surface area contributed by atoms with Crippen molar-refractivity contribution in [1.82, 2.24) is 10.6 Å². The number of alkyl halides is 1. The fourth-order valence-electron chi connectivity index (χ4n) is 1.87. The van der Waals surface area contributed by atoms with Crippen LogP contribution in [0, 0.1) is 5.92 Å². The molecule has 1 aliphatic heterocycles. The lowest BCUT2D eigenvalue weighted by atomic mass is 9.90. The van der Waals surface area contributed by atoms with Gasteiger partial charge >= 0.3 is 0 Å². The molecule has 1 heterocycles. The minimum absolute atomic E-state index is 0.0567. The van der Waals surface area contributed by atoms with E-state index in [1.165, 1.54) is 0 Å². The molecular weight excluding hydrogens is 200 g/mol. The zero-order chi connectivity index (χ0) is 10.6. The van der Waals surface area contributed by atoms with Gasteiger partial charge in [0.05, 0.1) is 0 Å². The van der Waals surface area contributed by atoms with Gasteiger partial charge in [0.15, 0.2) is 0 Å². The van der Waals surface area contributed by atoms with Crippen LogP contribution in [0.2, 0.25) is 0 Å². The molecule has 14 heavy (non-hydrogen) atoms. The number of rotatable bonds is 3. The highest BCUT2D eigenvalue weighted by Gasteiger charge is 2.25. The molecule has 0 bridgehead atoms. The van der Waals surface area contributed by atoms with Crippen molar-refractivity contribution in [3.05, 3.63) is 0 Å². The van der Waals surface area contributed by atoms with Gasteiger partial charge in [-0.2, -0.15) is 0 Å². The zero-order valence-electron chi connectivity index (χ0n) is 8.85. The van der Waals surface area contributed by atoms with Gasteiger partial charge in [-0.3, -0.25) is 4.79 Å². The Hall–Kier alpha value is -0.280. The number of hydrogen-bond donors (Lipinski definition) is 2. The van der Waals surface area contributed by atoms with Crippen LogP contribution in [0.15, 0.2) is 0 Å². The van der Waals surface area contributed by atoms with E-state index in [0.717, 1.165) is 25.9 Å². The molecule has 3 atom stereocenters. The maximum atomic E-state index is 11.4. The normalized spacial score (nSPS) is 29.6. The molecule has 0 saturated carbocycles. The monoisotopic (exact) mass is 218 g/mol. The second-order valence-corrected chi connectivity index (χ2v) is 4.55. The summed E-state index contributed by atoms with van der Waals surface area (Å²) in [5.41, 5.74) is 0. The Morgan fingerprint density at radius 3 is 3.00 bits per heavy atom. The largest absolute Gasteiger partial charge is 0.351 e. The van der Waals surface area contributed by atoms with E-state index in [4.69, 9.17) is 11.6 Å². The van der Waals surface area contributed by atoms with E-state index in [1.807, 2.05) is 0 Å². The summed E-state index contributed by atoms with van der Waals surface area (Å²) in [5.74, 6) is 0.537. The van der Waals surface area contributed by atoms with E-state index in [9.17, 15) is 4.79 Å². The molecule has 1 aliphatic rings. The third kappa shape index (κ3) is 3.14. The predicted molar refractivity (Wildman–Crippen MR) is 58.5 cm³/mol. The summed E-state index contributed by atoms with van der Waals surface area (Å²) in [6, 6.07) is 0.252. The van der Waals surface area contributed by atoms with E-state index >= 15 is 0 Å². The summed E-state index contributed by atoms with van der Waals surface area (Å²) >= 11 is 5.71. The molecule has 0 aromatic rings. The number of amides is 1. The topological polar surface area (TPSA) is 41.1 Å². The number of hydrogen-bond acceptors (Lipinski definition) is 2. The standard InChI is InChI=1S/C10H19ClN2O/c1-3-8-4-5-12-6-9(8)13-10(14)7(2)11/h7-9,12H,3-6H2,1-2H3,(H,13,14). The van der Waals surface area contributed by atoms with Crippen molar-refractivity contribution in [2.75, 3.05) is 13.1 Å². The average molecular weight is 219 g/mol. The first kappa shape index (κ1) is 11.8. The summed E-state index contributed by atoms with van der Waals surface area (Å²) < 4.78 is 0. The van der Waals surface area contributed by atoms with E-state index in [-0.39, 0.29) is 11.9 Å². The summed E-state index contributed by atoms with van der Waals surface area (Å²) in [7, 11) is 0. The maximum absolute atomic E-state index is 11.4. The molecule has 3 unspecified atom stereocenters. The molecule has 1 fully saturated rings. The quantitative estimate of drug-likeness (QED) is 0.698. The maximum Gasteiger partial charge on any atom is 0.238 e. The molecule has 0 spiro atoms. The predicted octanol–water partition coefficient (Wildman–Crippen LogP) is 1.12. The summed E-state index contributed by atoms with van der Waals surface area (Å²) in [4.78, 5) is 11.4. The Kier molecular flexibility index (Phi) is 4.69. The first-order valence-electron chi connectivity index (χ1n) is 5.30. The minimum atomic E-state index is -0.436. The van der Waals surface area contributed by atoms with Crippen molar-refractivity contribution < 1.29 is 4.79 Å². The number of carbonyl (C=O) groups is 1. The SMILES string of the molecule is CCC1CCNCC1NC(=O)C(C)Cl. The highest BCUT2D eigenvalue weighted by atomic mass is 35.5. The van der Waals surface area contributed by atoms with Crippen LogP contribution in [0.4, 0.5) is 0 Å². The fraction of sp³-hybridized carbons (Fsp3) is 0.900. The van der Waals surface area contributed by atoms with Crippen LogP contribution < -0.4 is 10.6 Å². The Labute approximate surface area is 90.6 Å². The lowest BCUT2D eigenvalue weighted by molar-refractivity contribution is -0.121. The molecular formula is C10H19ClN2O. The van der Waals surface area contributed by atoms with Gasteiger partial charge in [0.1, 0.15) is 5.38 Å². The second kappa shape index (κ2) is 5.56. The van der Waals surface area contributed by atoms with Gasteiger partial charge in [-0.05, 0) is 25.8 Å². The summed E-state index contributed by atoms with van der Waals surface area (Å²) in [5, 5.41) is 5.84. The minimum Gasteiger partial charge on any atom is -0.351 e. The molecule has 3 nitrogen and oxygen atoms in total. The molecule has 4 heteroatoms. The van der Waals surface area contributed by atoms with Crippen molar-refractivity contribution in [2.24, 2.45) is 5.92 Å². The van der Waals surface area contributed by atoms with Gasteiger partial charge in [0, 0.05) is 12.6 Å². The van der Waals surface area contributed by atoms with Crippen molar-refractivity contribution in [3.63, 3.8) is 0 Å². The molecule has 82 valence electrons. The van der Waals surface area contributed by atoms with E-state index in [1.54, 1.807) is 6.92 Å². The Balaban J connectivity index is 2.44. The molecule has 1 amide bonds. The van der Waals surface area contributed by atoms with Gasteiger partial charge in [-0.15, -0.1) is 11.6 Å². The van der Waals surface area contributed by atoms with E-state index in [0.29, 0.717) is 5.92 Å². The van der Waals surface area contributed by atoms with Crippen LogP contribution >= 0.6 is 11.6 Å². The average Bonchev–Trinajstić information content (AvgIpc) is 2.18. The summed E-state index contributed by atoms with van der Waals surface area (Å²) in [6.45, 7) is 5.79. The smallest absolute Gasteiger partial charge is 0.238 e. The van der Waals surface area contributed by atoms with Crippen LogP contribution in [0.3, 0.4) is 0 Å². The number of nitrogens with one attached hydrogen (secondary N) is 2. The van der Waals surface area contributed by atoms with Crippen LogP contribution in [-0.2, 0) is 4.79 Å². The molecule has 0 radical (unpaired) electrons. The Bertz CT molecular complexity index is 197. The first-order valence-corrected chi connectivity index (χ1v) is 5.74.